The van der Waals surface area contributed by atoms with Gasteiger partial charge in [-0.05, 0) is 29.5 Å². The average molecular weight is 431 g/mol. The lowest BCUT2D eigenvalue weighted by Crippen LogP contribution is -2.36. The van der Waals surface area contributed by atoms with Crippen LogP contribution in [0.15, 0.2) is 58.2 Å². The van der Waals surface area contributed by atoms with Crippen molar-refractivity contribution in [3.63, 3.8) is 0 Å². The lowest BCUT2D eigenvalue weighted by molar-refractivity contribution is 0.184. The van der Waals surface area contributed by atoms with Crippen LogP contribution in [0.5, 0.6) is 5.75 Å². The van der Waals surface area contributed by atoms with E-state index in [9.17, 15) is 9.00 Å². The Labute approximate surface area is 180 Å². The van der Waals surface area contributed by atoms with Gasteiger partial charge in [0.15, 0.2) is 0 Å². The van der Waals surface area contributed by atoms with Gasteiger partial charge in [-0.3, -0.25) is 4.79 Å². The molecule has 0 amide bonds. The molecule has 0 bridgehead atoms. The number of nitrogens with zero attached hydrogens (tertiary/aromatic N) is 2. The normalized spacial score (nSPS) is 16.1. The number of hydrogen-bond acceptors (Lipinski definition) is 4. The molecule has 4 rings (SSSR count). The molecule has 1 saturated heterocycles. The fraction of sp³-hybridized carbons (Fsp3) is 0.435. The molecule has 0 radical (unpaired) electrons. The largest absolute Gasteiger partial charge is 0.486 e. The maximum atomic E-state index is 12.4. The van der Waals surface area contributed by atoms with Crippen molar-refractivity contribution in [2.24, 2.45) is 5.92 Å². The van der Waals surface area contributed by atoms with Gasteiger partial charge in [-0.1, -0.05) is 38.1 Å². The Morgan fingerprint density at radius 1 is 1.13 bits per heavy atom. The molecular weight excluding hydrogens is 400 g/mol. The molecule has 162 valence electrons. The molecular formula is C23H30N2O4S. The monoisotopic (exact) mass is 430 g/mol. The third-order valence-corrected chi connectivity index (χ3v) is 6.30. The van der Waals surface area contributed by atoms with Gasteiger partial charge in [-0.15, -0.1) is 0 Å². The van der Waals surface area contributed by atoms with Crippen molar-refractivity contribution in [1.29, 1.82) is 0 Å². The fourth-order valence-corrected chi connectivity index (χ4v) is 4.30. The first-order chi connectivity index (χ1) is 14.6. The average Bonchev–Trinajstić information content (AvgIpc) is 3.17. The highest BCUT2D eigenvalue weighted by atomic mass is 32.2. The van der Waals surface area contributed by atoms with Gasteiger partial charge in [-0.25, -0.2) is 8.51 Å². The van der Waals surface area contributed by atoms with Crippen LogP contribution in [0.3, 0.4) is 0 Å². The van der Waals surface area contributed by atoms with Crippen LogP contribution in [0.4, 0.5) is 0 Å². The molecule has 3 heterocycles. The first-order valence-corrected chi connectivity index (χ1v) is 12.0. The Morgan fingerprint density at radius 2 is 1.77 bits per heavy atom. The van der Waals surface area contributed by atoms with Gasteiger partial charge >= 0.3 is 0 Å². The van der Waals surface area contributed by atoms with E-state index in [1.165, 1.54) is 12.3 Å². The summed E-state index contributed by atoms with van der Waals surface area (Å²) in [6.07, 6.45) is 9.04. The molecule has 1 aliphatic heterocycles. The lowest BCUT2D eigenvalue weighted by Gasteiger charge is -2.29. The number of aromatic nitrogens is 1. The van der Waals surface area contributed by atoms with E-state index in [1.54, 1.807) is 6.26 Å². The highest BCUT2D eigenvalue weighted by molar-refractivity contribution is 7.81. The van der Waals surface area contributed by atoms with Crippen LogP contribution in [0.1, 0.15) is 32.4 Å². The van der Waals surface area contributed by atoms with Crippen molar-refractivity contribution in [1.82, 2.24) is 8.87 Å². The zero-order valence-electron chi connectivity index (χ0n) is 17.9. The van der Waals surface area contributed by atoms with E-state index in [0.717, 1.165) is 36.7 Å². The fourth-order valence-electron chi connectivity index (χ4n) is 3.58. The highest BCUT2D eigenvalue weighted by Crippen LogP contribution is 2.20. The number of rotatable bonds is 6. The maximum absolute atomic E-state index is 12.4. The van der Waals surface area contributed by atoms with Crippen LogP contribution in [-0.4, -0.2) is 39.0 Å². The first kappa shape index (κ1) is 22.3. The van der Waals surface area contributed by atoms with Crippen molar-refractivity contribution in [3.05, 3.63) is 65.0 Å². The van der Waals surface area contributed by atoms with Gasteiger partial charge in [0.05, 0.1) is 24.1 Å². The van der Waals surface area contributed by atoms with E-state index >= 15 is 0 Å². The smallest absolute Gasteiger partial charge is 0.227 e. The molecule has 1 fully saturated rings. The zero-order chi connectivity index (χ0) is 21.5. The van der Waals surface area contributed by atoms with Gasteiger partial charge in [-0.2, -0.15) is 0 Å². The van der Waals surface area contributed by atoms with Crippen molar-refractivity contribution in [2.45, 2.75) is 33.2 Å². The minimum Gasteiger partial charge on any atom is -0.486 e. The molecule has 7 heteroatoms. The van der Waals surface area contributed by atoms with E-state index in [4.69, 9.17) is 9.15 Å². The quantitative estimate of drug-likeness (QED) is 0.592. The van der Waals surface area contributed by atoms with Gasteiger partial charge in [0.25, 0.3) is 0 Å². The van der Waals surface area contributed by atoms with E-state index in [2.05, 4.69) is 12.1 Å². The second-order valence-corrected chi connectivity index (χ2v) is 8.61. The van der Waals surface area contributed by atoms with Crippen LogP contribution < -0.4 is 10.2 Å². The molecule has 30 heavy (non-hydrogen) atoms. The SMILES string of the molecule is CC.CS(=O)N1CCC(COc2coc(Cn3cc4ccccc4c3)cc2=O)CC1. The zero-order valence-corrected chi connectivity index (χ0v) is 18.7. The van der Waals surface area contributed by atoms with Crippen molar-refractivity contribution in [3.8, 4) is 5.75 Å². The molecule has 0 aliphatic carbocycles. The predicted molar refractivity (Wildman–Crippen MR) is 121 cm³/mol. The Morgan fingerprint density at radius 3 is 2.33 bits per heavy atom. The van der Waals surface area contributed by atoms with E-state index in [1.807, 2.05) is 47.2 Å². The standard InChI is InChI=1S/C21H24N2O4S.C2H6/c1-28(25)23-8-6-16(7-9-23)14-27-21-15-26-19(10-20(21)24)13-22-11-17-4-2-3-5-18(17)12-22;1-2/h2-5,10-12,15-16H,6-9,13-14H2,1H3;1-2H3. The number of hydrogen-bond donors (Lipinski definition) is 0. The molecule has 0 spiro atoms. The van der Waals surface area contributed by atoms with Crippen molar-refractivity contribution in [2.75, 3.05) is 26.0 Å². The summed E-state index contributed by atoms with van der Waals surface area (Å²) in [6.45, 7) is 6.58. The Balaban J connectivity index is 0.00000124. The van der Waals surface area contributed by atoms with Gasteiger partial charge in [0.2, 0.25) is 11.2 Å². The Bertz CT molecular complexity index is 1000. The molecule has 1 unspecified atom stereocenters. The second kappa shape index (κ2) is 10.6. The topological polar surface area (TPSA) is 64.7 Å². The van der Waals surface area contributed by atoms with Crippen LogP contribution in [0.2, 0.25) is 0 Å². The number of ether oxygens (including phenoxy) is 1. The van der Waals surface area contributed by atoms with Crippen LogP contribution >= 0.6 is 0 Å². The van der Waals surface area contributed by atoms with Gasteiger partial charge < -0.3 is 13.7 Å². The van der Waals surface area contributed by atoms with E-state index in [-0.39, 0.29) is 11.2 Å². The summed E-state index contributed by atoms with van der Waals surface area (Å²) in [4.78, 5) is 12.4. The molecule has 0 N–H and O–H groups in total. The molecule has 1 atom stereocenters. The predicted octanol–water partition coefficient (Wildman–Crippen LogP) is 4.05. The summed E-state index contributed by atoms with van der Waals surface area (Å²) in [5.74, 6) is 1.21. The summed E-state index contributed by atoms with van der Waals surface area (Å²) >= 11 is 0. The molecule has 6 nitrogen and oxygen atoms in total. The minimum atomic E-state index is -0.910. The molecule has 1 aliphatic rings. The second-order valence-electron chi connectivity index (χ2n) is 7.24. The highest BCUT2D eigenvalue weighted by Gasteiger charge is 2.22. The lowest BCUT2D eigenvalue weighted by atomic mass is 9.99. The van der Waals surface area contributed by atoms with E-state index < -0.39 is 11.0 Å². The molecule has 2 aromatic heterocycles. The van der Waals surface area contributed by atoms with Crippen molar-refractivity contribution >= 4 is 21.8 Å². The summed E-state index contributed by atoms with van der Waals surface area (Å²) < 4.78 is 26.8. The van der Waals surface area contributed by atoms with E-state index in [0.29, 0.717) is 24.8 Å². The minimum absolute atomic E-state index is 0.162. The molecule has 3 aromatic rings. The number of piperidine rings is 1. The third kappa shape index (κ3) is 5.61. The van der Waals surface area contributed by atoms with Gasteiger partial charge in [0, 0.05) is 37.8 Å². The number of benzene rings is 1. The van der Waals surface area contributed by atoms with Crippen molar-refractivity contribution < 1.29 is 13.4 Å². The number of fused-ring (bicyclic) bond motifs is 1. The summed E-state index contributed by atoms with van der Waals surface area (Å²) in [7, 11) is -0.910. The van der Waals surface area contributed by atoms with Crippen LogP contribution in [0, 0.1) is 5.92 Å². The molecule has 0 saturated carbocycles. The van der Waals surface area contributed by atoms with Crippen LogP contribution in [0.25, 0.3) is 10.8 Å². The first-order valence-electron chi connectivity index (χ1n) is 10.5. The summed E-state index contributed by atoms with van der Waals surface area (Å²) in [6, 6.07) is 9.63. The Hall–Kier alpha value is -2.38. The summed E-state index contributed by atoms with van der Waals surface area (Å²) in [5, 5.41) is 2.31. The summed E-state index contributed by atoms with van der Waals surface area (Å²) in [5.41, 5.74) is -0.162. The third-order valence-electron chi connectivity index (χ3n) is 5.21. The van der Waals surface area contributed by atoms with Gasteiger partial charge in [0.1, 0.15) is 12.0 Å². The maximum Gasteiger partial charge on any atom is 0.227 e. The Kier molecular flexibility index (Phi) is 7.87. The molecule has 1 aromatic carbocycles. The van der Waals surface area contributed by atoms with Crippen LogP contribution in [-0.2, 0) is 17.5 Å².